The quantitative estimate of drug-likeness (QED) is 0.664. The summed E-state index contributed by atoms with van der Waals surface area (Å²) in [5.74, 6) is -0.240. The van der Waals surface area contributed by atoms with E-state index in [1.165, 1.54) is 13.2 Å². The van der Waals surface area contributed by atoms with E-state index in [2.05, 4.69) is 15.2 Å². The largest absolute Gasteiger partial charge is 0.494 e. The van der Waals surface area contributed by atoms with E-state index in [-0.39, 0.29) is 17.5 Å². The molecule has 1 fully saturated rings. The predicted octanol–water partition coefficient (Wildman–Crippen LogP) is 2.37. The highest BCUT2D eigenvalue weighted by atomic mass is 19.1. The number of carbonyl (C=O) groups is 1. The summed E-state index contributed by atoms with van der Waals surface area (Å²) in [4.78, 5) is 16.7. The van der Waals surface area contributed by atoms with Crippen molar-refractivity contribution in [2.24, 2.45) is 0 Å². The lowest BCUT2D eigenvalue weighted by Gasteiger charge is -2.34. The van der Waals surface area contributed by atoms with Gasteiger partial charge >= 0.3 is 0 Å². The van der Waals surface area contributed by atoms with Gasteiger partial charge in [0, 0.05) is 32.7 Å². The van der Waals surface area contributed by atoms with Gasteiger partial charge in [-0.15, -0.1) is 5.10 Å². The molecule has 2 heterocycles. The highest BCUT2D eigenvalue weighted by Crippen LogP contribution is 2.19. The van der Waals surface area contributed by atoms with Gasteiger partial charge in [0.05, 0.1) is 19.0 Å². The minimum atomic E-state index is -0.361. The molecule has 2 aromatic carbocycles. The van der Waals surface area contributed by atoms with Crippen molar-refractivity contribution < 1.29 is 13.9 Å². The average Bonchev–Trinajstić information content (AvgIpc) is 3.25. The van der Waals surface area contributed by atoms with Crippen molar-refractivity contribution in [1.82, 2.24) is 24.8 Å². The fourth-order valence-electron chi connectivity index (χ4n) is 3.41. The summed E-state index contributed by atoms with van der Waals surface area (Å²) in [5.41, 5.74) is 2.07. The first-order valence-corrected chi connectivity index (χ1v) is 9.46. The molecule has 4 rings (SSSR count). The molecule has 29 heavy (non-hydrogen) atoms. The van der Waals surface area contributed by atoms with Crippen LogP contribution in [0.5, 0.6) is 5.75 Å². The van der Waals surface area contributed by atoms with E-state index in [1.54, 1.807) is 21.8 Å². The Morgan fingerprint density at radius 3 is 2.55 bits per heavy atom. The van der Waals surface area contributed by atoms with Crippen LogP contribution in [0.4, 0.5) is 4.39 Å². The normalized spacial score (nSPS) is 14.8. The molecular weight excluding hydrogens is 373 g/mol. The van der Waals surface area contributed by atoms with E-state index < -0.39 is 0 Å². The molecule has 0 radical (unpaired) electrons. The minimum Gasteiger partial charge on any atom is -0.494 e. The predicted molar refractivity (Wildman–Crippen MR) is 105 cm³/mol. The SMILES string of the molecule is COc1ccc(CN2CCN(C(=O)c3cn(-c4ccccc4)nn3)CC2)cc1F. The molecule has 3 aromatic rings. The molecule has 1 saturated heterocycles. The van der Waals surface area contributed by atoms with Crippen LogP contribution in [0.1, 0.15) is 16.1 Å². The number of methoxy groups -OCH3 is 1. The molecule has 0 aliphatic carbocycles. The Bertz CT molecular complexity index is 984. The van der Waals surface area contributed by atoms with Gasteiger partial charge in [-0.25, -0.2) is 9.07 Å². The van der Waals surface area contributed by atoms with Crippen molar-refractivity contribution in [3.8, 4) is 11.4 Å². The van der Waals surface area contributed by atoms with E-state index in [0.29, 0.717) is 38.4 Å². The zero-order valence-electron chi connectivity index (χ0n) is 16.2. The number of benzene rings is 2. The van der Waals surface area contributed by atoms with E-state index in [9.17, 15) is 9.18 Å². The van der Waals surface area contributed by atoms with E-state index in [4.69, 9.17) is 4.74 Å². The Balaban J connectivity index is 1.34. The summed E-state index contributed by atoms with van der Waals surface area (Å²) in [6.45, 7) is 3.25. The molecule has 7 nitrogen and oxygen atoms in total. The molecular formula is C21H22FN5O2. The third kappa shape index (κ3) is 4.27. The van der Waals surface area contributed by atoms with Crippen molar-refractivity contribution in [3.05, 3.63) is 71.8 Å². The summed E-state index contributed by atoms with van der Waals surface area (Å²) in [6.07, 6.45) is 1.66. The molecule has 1 aliphatic heterocycles. The highest BCUT2D eigenvalue weighted by Gasteiger charge is 2.24. The van der Waals surface area contributed by atoms with Crippen LogP contribution in [0, 0.1) is 5.82 Å². The minimum absolute atomic E-state index is 0.123. The third-order valence-electron chi connectivity index (χ3n) is 5.02. The lowest BCUT2D eigenvalue weighted by Crippen LogP contribution is -2.48. The maximum atomic E-state index is 13.9. The van der Waals surface area contributed by atoms with Crippen LogP contribution in [0.25, 0.3) is 5.69 Å². The van der Waals surface area contributed by atoms with Crippen LogP contribution >= 0.6 is 0 Å². The molecule has 0 N–H and O–H groups in total. The van der Waals surface area contributed by atoms with Gasteiger partial charge in [-0.05, 0) is 29.8 Å². The van der Waals surface area contributed by atoms with E-state index in [0.717, 1.165) is 11.3 Å². The van der Waals surface area contributed by atoms with Crippen molar-refractivity contribution in [2.45, 2.75) is 6.54 Å². The second kappa shape index (κ2) is 8.40. The molecule has 1 amide bonds. The maximum absolute atomic E-state index is 13.9. The van der Waals surface area contributed by atoms with Crippen LogP contribution in [-0.2, 0) is 6.54 Å². The Kier molecular flexibility index (Phi) is 5.53. The monoisotopic (exact) mass is 395 g/mol. The Labute approximate surface area is 168 Å². The van der Waals surface area contributed by atoms with E-state index >= 15 is 0 Å². The van der Waals surface area contributed by atoms with Crippen molar-refractivity contribution in [3.63, 3.8) is 0 Å². The van der Waals surface area contributed by atoms with Crippen LogP contribution < -0.4 is 4.74 Å². The average molecular weight is 395 g/mol. The fraction of sp³-hybridized carbons (Fsp3) is 0.286. The first-order valence-electron chi connectivity index (χ1n) is 9.46. The van der Waals surface area contributed by atoms with Crippen LogP contribution in [0.15, 0.2) is 54.7 Å². The molecule has 0 spiro atoms. The van der Waals surface area contributed by atoms with E-state index in [1.807, 2.05) is 36.4 Å². The number of para-hydroxylation sites is 1. The highest BCUT2D eigenvalue weighted by molar-refractivity contribution is 5.92. The number of piperazine rings is 1. The second-order valence-electron chi connectivity index (χ2n) is 6.92. The topological polar surface area (TPSA) is 63.5 Å². The third-order valence-corrected chi connectivity index (χ3v) is 5.02. The Hall–Kier alpha value is -3.26. The first-order chi connectivity index (χ1) is 14.1. The first kappa shape index (κ1) is 19.1. The van der Waals surface area contributed by atoms with Crippen LogP contribution in [-0.4, -0.2) is 64.0 Å². The molecule has 0 unspecified atom stereocenters. The molecule has 1 aliphatic rings. The van der Waals surface area contributed by atoms with Gasteiger partial charge in [-0.1, -0.05) is 29.5 Å². The molecule has 8 heteroatoms. The number of rotatable bonds is 5. The lowest BCUT2D eigenvalue weighted by atomic mass is 10.1. The van der Waals surface area contributed by atoms with Gasteiger partial charge in [0.25, 0.3) is 5.91 Å². The molecule has 1 aromatic heterocycles. The van der Waals surface area contributed by atoms with Gasteiger partial charge in [-0.2, -0.15) is 0 Å². The summed E-state index contributed by atoms with van der Waals surface area (Å²) in [7, 11) is 1.45. The fourth-order valence-corrected chi connectivity index (χ4v) is 3.41. The Morgan fingerprint density at radius 2 is 1.86 bits per heavy atom. The summed E-state index contributed by atoms with van der Waals surface area (Å²) < 4.78 is 20.4. The van der Waals surface area contributed by atoms with Gasteiger partial charge in [0.15, 0.2) is 17.3 Å². The summed E-state index contributed by atoms with van der Waals surface area (Å²) in [5, 5.41) is 8.09. The number of carbonyl (C=O) groups excluding carboxylic acids is 1. The zero-order chi connectivity index (χ0) is 20.2. The van der Waals surface area contributed by atoms with Gasteiger partial charge < -0.3 is 9.64 Å². The number of hydrogen-bond donors (Lipinski definition) is 0. The standard InChI is InChI=1S/C21H22FN5O2/c1-29-20-8-7-16(13-18(20)22)14-25-9-11-26(12-10-25)21(28)19-15-27(24-23-19)17-5-3-2-4-6-17/h2-8,13,15H,9-12,14H2,1H3. The molecule has 150 valence electrons. The molecule has 0 atom stereocenters. The lowest BCUT2D eigenvalue weighted by molar-refractivity contribution is 0.0622. The molecule has 0 saturated carbocycles. The van der Waals surface area contributed by atoms with Crippen molar-refractivity contribution in [1.29, 1.82) is 0 Å². The Morgan fingerprint density at radius 1 is 1.10 bits per heavy atom. The molecule has 0 bridgehead atoms. The number of hydrogen-bond acceptors (Lipinski definition) is 5. The maximum Gasteiger partial charge on any atom is 0.276 e. The number of amides is 1. The van der Waals surface area contributed by atoms with Crippen LogP contribution in [0.3, 0.4) is 0 Å². The smallest absolute Gasteiger partial charge is 0.276 e. The number of aromatic nitrogens is 3. The number of halogens is 1. The van der Waals surface area contributed by atoms with Crippen molar-refractivity contribution in [2.75, 3.05) is 33.3 Å². The summed E-state index contributed by atoms with van der Waals surface area (Å²) in [6, 6.07) is 14.6. The van der Waals surface area contributed by atoms with Gasteiger partial charge in [0.1, 0.15) is 0 Å². The van der Waals surface area contributed by atoms with Crippen LogP contribution in [0.2, 0.25) is 0 Å². The van der Waals surface area contributed by atoms with Gasteiger partial charge in [0.2, 0.25) is 0 Å². The zero-order valence-corrected chi connectivity index (χ0v) is 16.2. The van der Waals surface area contributed by atoms with Crippen molar-refractivity contribution >= 4 is 5.91 Å². The summed E-state index contributed by atoms with van der Waals surface area (Å²) >= 11 is 0. The number of nitrogens with zero attached hydrogens (tertiary/aromatic N) is 5. The van der Waals surface area contributed by atoms with Gasteiger partial charge in [-0.3, -0.25) is 9.69 Å². The number of ether oxygens (including phenoxy) is 1. The second-order valence-corrected chi connectivity index (χ2v) is 6.92.